The van der Waals surface area contributed by atoms with E-state index >= 15 is 0 Å². The lowest BCUT2D eigenvalue weighted by Crippen LogP contribution is -2.06. The third kappa shape index (κ3) is 6.54. The minimum atomic E-state index is -2.59. The maximum Gasteiger partial charge on any atom is 0.327 e. The van der Waals surface area contributed by atoms with Crippen molar-refractivity contribution >= 4 is 7.60 Å². The van der Waals surface area contributed by atoms with Gasteiger partial charge in [-0.05, 0) is 6.42 Å². The number of rotatable bonds is 0. The standard InChI is InChI=1S/C4H9O3P.C3H8/c1-8(5)6-3-2-4-7-8;1-3-2/h2-4H2,1H3;3H2,1-2H3. The van der Waals surface area contributed by atoms with Gasteiger partial charge in [0.2, 0.25) is 0 Å². The van der Waals surface area contributed by atoms with E-state index in [2.05, 4.69) is 13.8 Å². The summed E-state index contributed by atoms with van der Waals surface area (Å²) in [5, 5.41) is 0. The Morgan fingerprint density at radius 2 is 1.64 bits per heavy atom. The molecule has 0 amide bonds. The van der Waals surface area contributed by atoms with Gasteiger partial charge in [-0.1, -0.05) is 20.3 Å². The van der Waals surface area contributed by atoms with Crippen LogP contribution in [0.2, 0.25) is 0 Å². The molecule has 68 valence electrons. The number of hydrogen-bond acceptors (Lipinski definition) is 3. The van der Waals surface area contributed by atoms with Gasteiger partial charge in [-0.3, -0.25) is 4.57 Å². The zero-order valence-electron chi connectivity index (χ0n) is 7.50. The third-order valence-corrected chi connectivity index (χ3v) is 2.24. The van der Waals surface area contributed by atoms with E-state index in [4.69, 9.17) is 9.05 Å². The van der Waals surface area contributed by atoms with Crippen LogP contribution in [0, 0.1) is 0 Å². The van der Waals surface area contributed by atoms with E-state index in [-0.39, 0.29) is 0 Å². The molecule has 11 heavy (non-hydrogen) atoms. The van der Waals surface area contributed by atoms with Crippen LogP contribution >= 0.6 is 7.60 Å². The molecule has 0 bridgehead atoms. The zero-order valence-corrected chi connectivity index (χ0v) is 8.39. The predicted molar refractivity (Wildman–Crippen MR) is 46.0 cm³/mol. The summed E-state index contributed by atoms with van der Waals surface area (Å²) in [5.41, 5.74) is 0. The highest BCUT2D eigenvalue weighted by Gasteiger charge is 2.19. The van der Waals surface area contributed by atoms with Crippen LogP contribution in [0.15, 0.2) is 0 Å². The smallest absolute Gasteiger partial charge is 0.309 e. The summed E-state index contributed by atoms with van der Waals surface area (Å²) in [6.45, 7) is 6.90. The van der Waals surface area contributed by atoms with E-state index < -0.39 is 7.60 Å². The minimum absolute atomic E-state index is 0.577. The van der Waals surface area contributed by atoms with Crippen LogP contribution in [-0.4, -0.2) is 19.9 Å². The van der Waals surface area contributed by atoms with Crippen LogP contribution in [0.25, 0.3) is 0 Å². The first-order valence-corrected chi connectivity index (χ1v) is 5.98. The fraction of sp³-hybridized carbons (Fsp3) is 1.00. The highest BCUT2D eigenvalue weighted by atomic mass is 31.2. The van der Waals surface area contributed by atoms with Gasteiger partial charge < -0.3 is 9.05 Å². The Kier molecular flexibility index (Phi) is 5.83. The summed E-state index contributed by atoms with van der Waals surface area (Å²) in [7, 11) is -2.59. The molecule has 0 spiro atoms. The fourth-order valence-corrected chi connectivity index (χ4v) is 1.55. The molecule has 4 heteroatoms. The van der Waals surface area contributed by atoms with Crippen molar-refractivity contribution in [2.75, 3.05) is 19.9 Å². The maximum atomic E-state index is 10.8. The molecular weight excluding hydrogens is 163 g/mol. The van der Waals surface area contributed by atoms with E-state index in [0.717, 1.165) is 6.42 Å². The first-order chi connectivity index (χ1) is 5.12. The summed E-state index contributed by atoms with van der Waals surface area (Å²) in [6, 6.07) is 0. The Balaban J connectivity index is 0.000000292. The van der Waals surface area contributed by atoms with Crippen molar-refractivity contribution in [1.29, 1.82) is 0 Å². The Morgan fingerprint density at radius 3 is 1.82 bits per heavy atom. The monoisotopic (exact) mass is 180 g/mol. The first-order valence-electron chi connectivity index (χ1n) is 3.99. The molecular formula is C7H17O3P. The highest BCUT2D eigenvalue weighted by Crippen LogP contribution is 2.46. The van der Waals surface area contributed by atoms with Gasteiger partial charge in [-0.25, -0.2) is 0 Å². The van der Waals surface area contributed by atoms with Gasteiger partial charge in [0.05, 0.1) is 13.2 Å². The van der Waals surface area contributed by atoms with Gasteiger partial charge in [0.1, 0.15) is 0 Å². The molecule has 1 aliphatic heterocycles. The molecule has 1 saturated heterocycles. The Bertz CT molecular complexity index is 126. The molecule has 0 N–H and O–H groups in total. The first kappa shape index (κ1) is 11.2. The van der Waals surface area contributed by atoms with Crippen LogP contribution in [0.1, 0.15) is 26.7 Å². The van der Waals surface area contributed by atoms with Crippen LogP contribution in [0.5, 0.6) is 0 Å². The van der Waals surface area contributed by atoms with E-state index in [9.17, 15) is 4.57 Å². The quantitative estimate of drug-likeness (QED) is 0.537. The van der Waals surface area contributed by atoms with Crippen LogP contribution in [-0.2, 0) is 13.6 Å². The van der Waals surface area contributed by atoms with E-state index in [1.165, 1.54) is 13.1 Å². The largest absolute Gasteiger partial charge is 0.327 e. The van der Waals surface area contributed by atoms with Crippen molar-refractivity contribution in [3.63, 3.8) is 0 Å². The topological polar surface area (TPSA) is 35.5 Å². The van der Waals surface area contributed by atoms with Crippen molar-refractivity contribution < 1.29 is 13.6 Å². The average Bonchev–Trinajstić information content (AvgIpc) is 1.88. The zero-order chi connectivity index (χ0) is 8.74. The number of hydrogen-bond donors (Lipinski definition) is 0. The summed E-state index contributed by atoms with van der Waals surface area (Å²) in [5.74, 6) is 0. The maximum absolute atomic E-state index is 10.8. The third-order valence-electron chi connectivity index (χ3n) is 0.940. The molecule has 0 radical (unpaired) electrons. The molecule has 0 aromatic heterocycles. The molecule has 1 aliphatic rings. The SMILES string of the molecule is CCC.CP1(=O)OCCCO1. The van der Waals surface area contributed by atoms with Gasteiger partial charge >= 0.3 is 7.60 Å². The van der Waals surface area contributed by atoms with E-state index in [0.29, 0.717) is 13.2 Å². The van der Waals surface area contributed by atoms with Crippen molar-refractivity contribution in [3.8, 4) is 0 Å². The minimum Gasteiger partial charge on any atom is -0.309 e. The van der Waals surface area contributed by atoms with Gasteiger partial charge in [0, 0.05) is 6.66 Å². The van der Waals surface area contributed by atoms with E-state index in [1.807, 2.05) is 0 Å². The van der Waals surface area contributed by atoms with Crippen molar-refractivity contribution in [2.45, 2.75) is 26.7 Å². The Labute approximate surface area is 68.6 Å². The lowest BCUT2D eigenvalue weighted by atomic mass is 10.5. The molecule has 0 aliphatic carbocycles. The summed E-state index contributed by atoms with van der Waals surface area (Å²) in [4.78, 5) is 0. The Hall–Kier alpha value is 0.150. The molecule has 1 rings (SSSR count). The predicted octanol–water partition coefficient (Wildman–Crippen LogP) is 2.66. The molecule has 1 fully saturated rings. The highest BCUT2D eigenvalue weighted by molar-refractivity contribution is 7.53. The normalized spacial score (nSPS) is 21.7. The molecule has 0 unspecified atom stereocenters. The van der Waals surface area contributed by atoms with Gasteiger partial charge in [-0.15, -0.1) is 0 Å². The lowest BCUT2D eigenvalue weighted by Gasteiger charge is -2.18. The van der Waals surface area contributed by atoms with Gasteiger partial charge in [0.15, 0.2) is 0 Å². The van der Waals surface area contributed by atoms with Crippen LogP contribution in [0.4, 0.5) is 0 Å². The summed E-state index contributed by atoms with van der Waals surface area (Å²) >= 11 is 0. The van der Waals surface area contributed by atoms with Crippen LogP contribution in [0.3, 0.4) is 0 Å². The lowest BCUT2D eigenvalue weighted by molar-refractivity contribution is 0.150. The van der Waals surface area contributed by atoms with E-state index in [1.54, 1.807) is 0 Å². The van der Waals surface area contributed by atoms with Crippen molar-refractivity contribution in [2.24, 2.45) is 0 Å². The molecule has 1 heterocycles. The molecule has 0 saturated carbocycles. The second-order valence-electron chi connectivity index (χ2n) is 2.50. The summed E-state index contributed by atoms with van der Waals surface area (Å²) < 4.78 is 20.4. The van der Waals surface area contributed by atoms with Crippen molar-refractivity contribution in [3.05, 3.63) is 0 Å². The van der Waals surface area contributed by atoms with Gasteiger partial charge in [-0.2, -0.15) is 0 Å². The van der Waals surface area contributed by atoms with Crippen molar-refractivity contribution in [1.82, 2.24) is 0 Å². The van der Waals surface area contributed by atoms with Gasteiger partial charge in [0.25, 0.3) is 0 Å². The van der Waals surface area contributed by atoms with Crippen LogP contribution < -0.4 is 0 Å². The molecule has 0 atom stereocenters. The summed E-state index contributed by atoms with van der Waals surface area (Å²) in [6.07, 6.45) is 2.11. The second-order valence-corrected chi connectivity index (χ2v) is 4.56. The molecule has 0 aromatic carbocycles. The average molecular weight is 180 g/mol. The second kappa shape index (κ2) is 5.76. The molecule has 0 aromatic rings. The molecule has 3 nitrogen and oxygen atoms in total. The Morgan fingerprint density at radius 1 is 1.27 bits per heavy atom. The fourth-order valence-electron chi connectivity index (χ4n) is 0.557.